The van der Waals surface area contributed by atoms with Gasteiger partial charge in [-0.15, -0.1) is 0 Å². The number of aromatic nitrogens is 1. The van der Waals surface area contributed by atoms with Crippen LogP contribution >= 0.6 is 24.0 Å². The van der Waals surface area contributed by atoms with Crippen LogP contribution in [-0.4, -0.2) is 66.6 Å². The summed E-state index contributed by atoms with van der Waals surface area (Å²) < 4.78 is 27.1. The highest BCUT2D eigenvalue weighted by Crippen LogP contribution is 2.36. The van der Waals surface area contributed by atoms with Crippen LogP contribution in [0.5, 0.6) is 11.5 Å². The molecule has 228 valence electrons. The van der Waals surface area contributed by atoms with E-state index >= 15 is 0 Å². The van der Waals surface area contributed by atoms with Crippen molar-refractivity contribution in [2.24, 2.45) is 7.05 Å². The van der Waals surface area contributed by atoms with Gasteiger partial charge in [0.1, 0.15) is 27.6 Å². The van der Waals surface area contributed by atoms with Crippen LogP contribution in [0.2, 0.25) is 0 Å². The maximum absolute atomic E-state index is 14.5. The first-order valence-electron chi connectivity index (χ1n) is 14.0. The monoisotopic (exact) mass is 633 g/mol. The van der Waals surface area contributed by atoms with E-state index in [4.69, 9.17) is 21.7 Å². The van der Waals surface area contributed by atoms with Crippen LogP contribution in [0.4, 0.5) is 15.9 Å². The fourth-order valence-electron chi connectivity index (χ4n) is 5.56. The van der Waals surface area contributed by atoms with Crippen LogP contribution in [-0.2, 0) is 18.3 Å². The Morgan fingerprint density at radius 3 is 2.39 bits per heavy atom. The maximum atomic E-state index is 14.5. The molecule has 2 saturated heterocycles. The molecule has 0 unspecified atom stereocenters. The van der Waals surface area contributed by atoms with E-state index in [1.165, 1.54) is 22.4 Å². The maximum Gasteiger partial charge on any atom is 0.270 e. The zero-order valence-electron chi connectivity index (χ0n) is 24.9. The Kier molecular flexibility index (Phi) is 9.27. The van der Waals surface area contributed by atoms with E-state index in [0.717, 1.165) is 5.56 Å². The number of carbonyl (C=O) groups is 1. The molecule has 0 radical (unpaired) electrons. The lowest BCUT2D eigenvalue weighted by molar-refractivity contribution is -0.122. The average Bonchev–Trinajstić information content (AvgIpc) is 3.30. The Morgan fingerprint density at radius 1 is 1.05 bits per heavy atom. The SMILES string of the molecule is COc1ccc(CCN2C(=O)C(=Cc3c(C)c(C#N)c(=O)n(C)c3N3CCN(c4ccccc4F)CC3)SC2=S)cc1OC. The number of amides is 1. The lowest BCUT2D eigenvalue weighted by Crippen LogP contribution is -2.48. The highest BCUT2D eigenvalue weighted by Gasteiger charge is 2.33. The zero-order valence-corrected chi connectivity index (χ0v) is 26.6. The summed E-state index contributed by atoms with van der Waals surface area (Å²) in [5.41, 5.74) is 2.23. The number of rotatable bonds is 8. The van der Waals surface area contributed by atoms with Crippen LogP contribution in [0.1, 0.15) is 22.3 Å². The van der Waals surface area contributed by atoms with E-state index in [9.17, 15) is 19.2 Å². The second kappa shape index (κ2) is 13.1. The van der Waals surface area contributed by atoms with Crippen molar-refractivity contribution in [1.82, 2.24) is 9.47 Å². The Labute approximate surface area is 265 Å². The molecule has 3 heterocycles. The summed E-state index contributed by atoms with van der Waals surface area (Å²) in [7, 11) is 4.78. The molecule has 12 heteroatoms. The van der Waals surface area contributed by atoms with Gasteiger partial charge in [0.05, 0.1) is 24.8 Å². The predicted molar refractivity (Wildman–Crippen MR) is 175 cm³/mol. The fraction of sp³-hybridized carbons (Fsp3) is 0.312. The highest BCUT2D eigenvalue weighted by molar-refractivity contribution is 8.26. The summed E-state index contributed by atoms with van der Waals surface area (Å²) in [4.78, 5) is 32.8. The standard InChI is InChI=1S/C32H32FN5O4S2/c1-20-22(18-28-31(40)38(32(43)44-28)12-11-21-9-10-26(41-3)27(17-21)42-4)29(35(2)30(39)23(20)19-34)37-15-13-36(14-16-37)25-8-6-5-7-24(25)33/h5-10,17-18H,11-16H2,1-4H3. The number of thiocarbonyl (C=S) groups is 1. The molecule has 0 N–H and O–H groups in total. The number of thioether (sulfide) groups is 1. The third-order valence-electron chi connectivity index (χ3n) is 7.96. The van der Waals surface area contributed by atoms with Crippen molar-refractivity contribution in [2.45, 2.75) is 13.3 Å². The number of benzene rings is 2. The molecular formula is C32H32FN5O4S2. The van der Waals surface area contributed by atoms with Crippen LogP contribution < -0.4 is 24.8 Å². The van der Waals surface area contributed by atoms with Crippen molar-refractivity contribution < 1.29 is 18.7 Å². The molecule has 1 amide bonds. The van der Waals surface area contributed by atoms with Crippen LogP contribution in [0, 0.1) is 24.1 Å². The molecule has 2 aromatic carbocycles. The number of nitriles is 1. The third-order valence-corrected chi connectivity index (χ3v) is 9.34. The molecule has 0 atom stereocenters. The van der Waals surface area contributed by atoms with Gasteiger partial charge >= 0.3 is 0 Å². The van der Waals surface area contributed by atoms with Gasteiger partial charge in [0.15, 0.2) is 11.5 Å². The number of piperazine rings is 1. The third kappa shape index (κ3) is 5.89. The van der Waals surface area contributed by atoms with Gasteiger partial charge in [0, 0.05) is 45.3 Å². The largest absolute Gasteiger partial charge is 0.493 e. The molecule has 0 saturated carbocycles. The summed E-state index contributed by atoms with van der Waals surface area (Å²) in [5.74, 6) is 1.32. The number of halogens is 1. The molecular weight excluding hydrogens is 602 g/mol. The number of para-hydroxylation sites is 1. The average molecular weight is 634 g/mol. The number of hydrogen-bond donors (Lipinski definition) is 0. The van der Waals surface area contributed by atoms with Gasteiger partial charge in [0.25, 0.3) is 11.5 Å². The number of nitrogens with zero attached hydrogens (tertiary/aromatic N) is 5. The van der Waals surface area contributed by atoms with E-state index < -0.39 is 5.56 Å². The van der Waals surface area contributed by atoms with Crippen molar-refractivity contribution in [1.29, 1.82) is 5.26 Å². The molecule has 2 aliphatic heterocycles. The zero-order chi connectivity index (χ0) is 31.5. The smallest absolute Gasteiger partial charge is 0.270 e. The van der Waals surface area contributed by atoms with Crippen LogP contribution in [0.25, 0.3) is 6.08 Å². The van der Waals surface area contributed by atoms with Gasteiger partial charge in [-0.3, -0.25) is 19.1 Å². The normalized spacial score (nSPS) is 16.1. The Bertz CT molecular complexity index is 1760. The summed E-state index contributed by atoms with van der Waals surface area (Å²) >= 11 is 6.80. The lowest BCUT2D eigenvalue weighted by Gasteiger charge is -2.38. The molecule has 3 aromatic rings. The first kappa shape index (κ1) is 31.1. The molecule has 1 aromatic heterocycles. The van der Waals surface area contributed by atoms with Gasteiger partial charge in [-0.2, -0.15) is 5.26 Å². The second-order valence-electron chi connectivity index (χ2n) is 10.4. The quantitative estimate of drug-likeness (QED) is 0.263. The number of pyridine rings is 1. The number of anilines is 2. The summed E-state index contributed by atoms with van der Waals surface area (Å²) in [6.07, 6.45) is 2.29. The van der Waals surface area contributed by atoms with E-state index in [1.807, 2.05) is 29.2 Å². The van der Waals surface area contributed by atoms with Gasteiger partial charge < -0.3 is 19.3 Å². The lowest BCUT2D eigenvalue weighted by atomic mass is 10.0. The number of hydrogen-bond acceptors (Lipinski definition) is 9. The predicted octanol–water partition coefficient (Wildman–Crippen LogP) is 4.49. The second-order valence-corrected chi connectivity index (χ2v) is 12.1. The minimum atomic E-state index is -0.406. The Morgan fingerprint density at radius 2 is 1.73 bits per heavy atom. The van der Waals surface area contributed by atoms with Gasteiger partial charge in [-0.25, -0.2) is 4.39 Å². The Hall–Kier alpha value is -4.34. The summed E-state index contributed by atoms with van der Waals surface area (Å²) in [6.45, 7) is 4.19. The van der Waals surface area contributed by atoms with Crippen molar-refractivity contribution in [3.05, 3.63) is 85.8 Å². The Balaban J connectivity index is 1.42. The number of ether oxygens (including phenoxy) is 2. The van der Waals surface area contributed by atoms with Gasteiger partial charge in [-0.1, -0.05) is 42.2 Å². The molecule has 9 nitrogen and oxygen atoms in total. The molecule has 44 heavy (non-hydrogen) atoms. The minimum absolute atomic E-state index is 0.0245. The first-order valence-corrected chi connectivity index (χ1v) is 15.2. The van der Waals surface area contributed by atoms with Crippen LogP contribution in [0.15, 0.2) is 52.2 Å². The van der Waals surface area contributed by atoms with Crippen molar-refractivity contribution >= 4 is 51.8 Å². The van der Waals surface area contributed by atoms with E-state index in [0.29, 0.717) is 82.5 Å². The van der Waals surface area contributed by atoms with Crippen molar-refractivity contribution in [2.75, 3.05) is 56.7 Å². The van der Waals surface area contributed by atoms with Crippen LogP contribution in [0.3, 0.4) is 0 Å². The topological polar surface area (TPSA) is 91.0 Å². The molecule has 2 fully saturated rings. The summed E-state index contributed by atoms with van der Waals surface area (Å²) in [6, 6.07) is 14.3. The fourth-order valence-corrected chi connectivity index (χ4v) is 6.85. The first-order chi connectivity index (χ1) is 21.2. The van der Waals surface area contributed by atoms with Gasteiger partial charge in [-0.05, 0) is 54.8 Å². The highest BCUT2D eigenvalue weighted by atomic mass is 32.2. The van der Waals surface area contributed by atoms with Gasteiger partial charge in [0.2, 0.25) is 0 Å². The number of carbonyl (C=O) groups excluding carboxylic acids is 1. The molecule has 0 bridgehead atoms. The minimum Gasteiger partial charge on any atom is -0.493 e. The van der Waals surface area contributed by atoms with E-state index in [-0.39, 0.29) is 17.3 Å². The molecule has 2 aliphatic rings. The van der Waals surface area contributed by atoms with E-state index in [1.54, 1.807) is 57.4 Å². The molecule has 0 spiro atoms. The summed E-state index contributed by atoms with van der Waals surface area (Å²) in [5, 5.41) is 9.82. The number of methoxy groups -OCH3 is 2. The molecule has 0 aliphatic carbocycles. The molecule has 5 rings (SSSR count). The van der Waals surface area contributed by atoms with E-state index in [2.05, 4.69) is 4.90 Å². The van der Waals surface area contributed by atoms with Crippen molar-refractivity contribution in [3.63, 3.8) is 0 Å². The van der Waals surface area contributed by atoms with Crippen molar-refractivity contribution in [3.8, 4) is 17.6 Å².